The van der Waals surface area contributed by atoms with E-state index in [1.807, 2.05) is 0 Å². The van der Waals surface area contributed by atoms with E-state index in [4.69, 9.17) is 0 Å². The van der Waals surface area contributed by atoms with Crippen molar-refractivity contribution in [1.82, 2.24) is 10.2 Å². The van der Waals surface area contributed by atoms with Crippen LogP contribution in [0.3, 0.4) is 0 Å². The molecule has 2 nitrogen and oxygen atoms in total. The highest BCUT2D eigenvalue weighted by atomic mass is 15.4. The van der Waals surface area contributed by atoms with Crippen LogP contribution in [0.4, 0.5) is 0 Å². The van der Waals surface area contributed by atoms with E-state index in [-0.39, 0.29) is 0 Å². The van der Waals surface area contributed by atoms with Gasteiger partial charge in [-0.3, -0.25) is 10.2 Å². The molecule has 2 heteroatoms. The van der Waals surface area contributed by atoms with Crippen LogP contribution in [-0.4, -0.2) is 24.2 Å². The number of rotatable bonds is 1. The lowest BCUT2D eigenvalue weighted by Crippen LogP contribution is -2.21. The minimum atomic E-state index is 0.720. The molecule has 2 saturated heterocycles. The molecule has 0 aromatic carbocycles. The molecule has 2 aliphatic rings. The molecule has 0 amide bonds. The SMILES string of the molecule is [CH]1CCCN1C1CN1. The second-order valence-corrected chi connectivity index (χ2v) is 2.49. The molecule has 2 heterocycles. The van der Waals surface area contributed by atoms with Gasteiger partial charge < -0.3 is 0 Å². The summed E-state index contributed by atoms with van der Waals surface area (Å²) in [5, 5.41) is 3.27. The van der Waals surface area contributed by atoms with Crippen molar-refractivity contribution in [1.29, 1.82) is 0 Å². The van der Waals surface area contributed by atoms with Crippen molar-refractivity contribution >= 4 is 0 Å². The van der Waals surface area contributed by atoms with Crippen molar-refractivity contribution in [2.45, 2.75) is 19.0 Å². The summed E-state index contributed by atoms with van der Waals surface area (Å²) in [5.74, 6) is 0. The van der Waals surface area contributed by atoms with E-state index < -0.39 is 0 Å². The fraction of sp³-hybridized carbons (Fsp3) is 0.833. The van der Waals surface area contributed by atoms with Crippen LogP contribution in [0.1, 0.15) is 12.8 Å². The first-order chi connectivity index (χ1) is 3.97. The molecule has 45 valence electrons. The van der Waals surface area contributed by atoms with Gasteiger partial charge in [-0.1, -0.05) is 0 Å². The summed E-state index contributed by atoms with van der Waals surface area (Å²) in [6, 6.07) is 0. The lowest BCUT2D eigenvalue weighted by atomic mass is 10.4. The van der Waals surface area contributed by atoms with Crippen LogP contribution in [0.25, 0.3) is 0 Å². The van der Waals surface area contributed by atoms with E-state index in [0.717, 1.165) is 6.17 Å². The molecule has 0 aliphatic carbocycles. The summed E-state index contributed by atoms with van der Waals surface area (Å²) in [6.07, 6.45) is 3.37. The minimum Gasteiger partial charge on any atom is -0.298 e. The number of nitrogens with zero attached hydrogens (tertiary/aromatic N) is 1. The van der Waals surface area contributed by atoms with Crippen molar-refractivity contribution in [2.75, 3.05) is 13.1 Å². The van der Waals surface area contributed by atoms with Gasteiger partial charge in [0.2, 0.25) is 0 Å². The molecular weight excluding hydrogens is 100 g/mol. The molecule has 2 rings (SSSR count). The van der Waals surface area contributed by atoms with Crippen LogP contribution in [0.15, 0.2) is 0 Å². The van der Waals surface area contributed by atoms with Crippen molar-refractivity contribution in [3.63, 3.8) is 0 Å². The second-order valence-electron chi connectivity index (χ2n) is 2.49. The third-order valence-corrected chi connectivity index (χ3v) is 1.77. The van der Waals surface area contributed by atoms with Gasteiger partial charge in [-0.25, -0.2) is 0 Å². The molecule has 1 radical (unpaired) electrons. The number of nitrogens with one attached hydrogen (secondary N) is 1. The van der Waals surface area contributed by atoms with E-state index in [9.17, 15) is 0 Å². The normalized spacial score (nSPS) is 38.2. The average molecular weight is 111 g/mol. The quantitative estimate of drug-likeness (QED) is 0.488. The topological polar surface area (TPSA) is 25.2 Å². The Hall–Kier alpha value is -0.0800. The number of hydrogen-bond donors (Lipinski definition) is 1. The molecule has 0 aromatic heterocycles. The Balaban J connectivity index is 1.86. The summed E-state index contributed by atoms with van der Waals surface area (Å²) in [4.78, 5) is 2.40. The van der Waals surface area contributed by atoms with Gasteiger partial charge in [0, 0.05) is 19.6 Å². The summed E-state index contributed by atoms with van der Waals surface area (Å²) in [7, 11) is 0. The van der Waals surface area contributed by atoms with Gasteiger partial charge in [-0.15, -0.1) is 0 Å². The van der Waals surface area contributed by atoms with Crippen molar-refractivity contribution in [2.24, 2.45) is 0 Å². The molecule has 1 atom stereocenters. The maximum absolute atomic E-state index is 3.27. The monoisotopic (exact) mass is 111 g/mol. The van der Waals surface area contributed by atoms with Crippen LogP contribution in [-0.2, 0) is 0 Å². The first-order valence-electron chi connectivity index (χ1n) is 3.29. The molecule has 2 aliphatic heterocycles. The maximum Gasteiger partial charge on any atom is 0.0730 e. The molecule has 0 bridgehead atoms. The molecule has 0 spiro atoms. The zero-order valence-corrected chi connectivity index (χ0v) is 4.93. The van der Waals surface area contributed by atoms with Crippen LogP contribution >= 0.6 is 0 Å². The zero-order chi connectivity index (χ0) is 5.40. The second kappa shape index (κ2) is 1.71. The average Bonchev–Trinajstić information content (AvgIpc) is 2.49. The van der Waals surface area contributed by atoms with Crippen LogP contribution in [0.5, 0.6) is 0 Å². The van der Waals surface area contributed by atoms with Gasteiger partial charge in [0.15, 0.2) is 0 Å². The Bertz CT molecular complexity index is 82.5. The van der Waals surface area contributed by atoms with E-state index in [0.29, 0.717) is 0 Å². The molecule has 2 fully saturated rings. The molecule has 1 N–H and O–H groups in total. The first-order valence-corrected chi connectivity index (χ1v) is 3.29. The Morgan fingerprint density at radius 1 is 1.62 bits per heavy atom. The fourth-order valence-electron chi connectivity index (χ4n) is 1.19. The Morgan fingerprint density at radius 2 is 2.50 bits per heavy atom. The molecule has 1 unspecified atom stereocenters. The minimum absolute atomic E-state index is 0.720. The summed E-state index contributed by atoms with van der Waals surface area (Å²) in [5.41, 5.74) is 0. The Morgan fingerprint density at radius 3 is 3.00 bits per heavy atom. The van der Waals surface area contributed by atoms with Gasteiger partial charge >= 0.3 is 0 Å². The predicted molar refractivity (Wildman–Crippen MR) is 32.0 cm³/mol. The standard InChI is InChI=1S/C6H11N2/c1-2-4-8(3-1)6-5-7-6/h3,6-7H,1-2,4-5H2. The van der Waals surface area contributed by atoms with Gasteiger partial charge in [-0.2, -0.15) is 0 Å². The van der Waals surface area contributed by atoms with Gasteiger partial charge in [0.1, 0.15) is 0 Å². The van der Waals surface area contributed by atoms with Gasteiger partial charge in [0.25, 0.3) is 0 Å². The van der Waals surface area contributed by atoms with E-state index in [1.54, 1.807) is 0 Å². The Labute approximate surface area is 49.9 Å². The summed E-state index contributed by atoms with van der Waals surface area (Å²) in [6.45, 7) is 4.79. The Kier molecular flexibility index (Phi) is 1.02. The third-order valence-electron chi connectivity index (χ3n) is 1.77. The lowest BCUT2D eigenvalue weighted by molar-refractivity contribution is 0.371. The van der Waals surface area contributed by atoms with Crippen molar-refractivity contribution in [3.8, 4) is 0 Å². The highest BCUT2D eigenvalue weighted by Crippen LogP contribution is 2.17. The van der Waals surface area contributed by atoms with Crippen LogP contribution in [0, 0.1) is 6.54 Å². The predicted octanol–water partition coefficient (Wildman–Crippen LogP) is 0.173. The molecule has 8 heavy (non-hydrogen) atoms. The fourth-order valence-corrected chi connectivity index (χ4v) is 1.19. The highest BCUT2D eigenvalue weighted by Gasteiger charge is 2.29. The van der Waals surface area contributed by atoms with E-state index in [2.05, 4.69) is 16.8 Å². The van der Waals surface area contributed by atoms with Crippen molar-refractivity contribution in [3.05, 3.63) is 6.54 Å². The molecular formula is C6H11N2. The van der Waals surface area contributed by atoms with Crippen LogP contribution in [0.2, 0.25) is 0 Å². The summed E-state index contributed by atoms with van der Waals surface area (Å²) < 4.78 is 0. The smallest absolute Gasteiger partial charge is 0.0730 e. The van der Waals surface area contributed by atoms with Gasteiger partial charge in [0.05, 0.1) is 6.17 Å². The highest BCUT2D eigenvalue weighted by molar-refractivity contribution is 4.91. The van der Waals surface area contributed by atoms with Crippen molar-refractivity contribution < 1.29 is 0 Å². The molecule has 0 aromatic rings. The van der Waals surface area contributed by atoms with E-state index >= 15 is 0 Å². The largest absolute Gasteiger partial charge is 0.298 e. The zero-order valence-electron chi connectivity index (χ0n) is 4.93. The molecule has 0 saturated carbocycles. The van der Waals surface area contributed by atoms with Crippen LogP contribution < -0.4 is 5.32 Å². The van der Waals surface area contributed by atoms with E-state index in [1.165, 1.54) is 25.9 Å². The maximum atomic E-state index is 3.27. The third kappa shape index (κ3) is 0.740. The van der Waals surface area contributed by atoms with Gasteiger partial charge in [-0.05, 0) is 12.8 Å². The number of likely N-dealkylation sites (tertiary alicyclic amines) is 1. The first kappa shape index (κ1) is 4.77. The number of hydrogen-bond acceptors (Lipinski definition) is 2. The lowest BCUT2D eigenvalue weighted by Gasteiger charge is -2.09. The summed E-state index contributed by atoms with van der Waals surface area (Å²) >= 11 is 0.